The molecule has 0 aliphatic rings. The Hall–Kier alpha value is -3.98. The lowest BCUT2D eigenvalue weighted by atomic mass is 9.86. The Labute approximate surface area is 182 Å². The molecule has 1 aromatic heterocycles. The van der Waals surface area contributed by atoms with E-state index in [0.717, 1.165) is 33.7 Å². The molecule has 0 fully saturated rings. The van der Waals surface area contributed by atoms with Crippen molar-refractivity contribution < 1.29 is 4.74 Å². The SMILES string of the molecule is COc1ccc2nc(-c3ccccc3)nc(C(c3ccccc3)c3ccccc3)c2c1. The van der Waals surface area contributed by atoms with Gasteiger partial charge < -0.3 is 4.74 Å². The van der Waals surface area contributed by atoms with Crippen LogP contribution in [0.4, 0.5) is 0 Å². The molecular weight excluding hydrogens is 380 g/mol. The van der Waals surface area contributed by atoms with Crippen molar-refractivity contribution in [3.8, 4) is 17.1 Å². The zero-order valence-electron chi connectivity index (χ0n) is 17.3. The molecule has 5 rings (SSSR count). The zero-order chi connectivity index (χ0) is 21.0. The molecule has 0 unspecified atom stereocenters. The van der Waals surface area contributed by atoms with Gasteiger partial charge in [-0.25, -0.2) is 9.97 Å². The summed E-state index contributed by atoms with van der Waals surface area (Å²) in [6.07, 6.45) is 0. The first-order valence-electron chi connectivity index (χ1n) is 10.3. The smallest absolute Gasteiger partial charge is 0.160 e. The summed E-state index contributed by atoms with van der Waals surface area (Å²) in [7, 11) is 1.69. The van der Waals surface area contributed by atoms with Gasteiger partial charge in [0.1, 0.15) is 5.75 Å². The van der Waals surface area contributed by atoms with Crippen molar-refractivity contribution in [3.05, 3.63) is 126 Å². The highest BCUT2D eigenvalue weighted by Crippen LogP contribution is 2.36. The van der Waals surface area contributed by atoms with Crippen LogP contribution in [0.2, 0.25) is 0 Å². The quantitative estimate of drug-likeness (QED) is 0.337. The number of hydrogen-bond acceptors (Lipinski definition) is 3. The Kier molecular flexibility index (Phi) is 5.16. The Morgan fingerprint density at radius 3 is 1.81 bits per heavy atom. The molecule has 0 bridgehead atoms. The first kappa shape index (κ1) is 19.0. The molecular formula is C28H22N2O. The summed E-state index contributed by atoms with van der Waals surface area (Å²) in [5, 5.41) is 0.997. The minimum absolute atomic E-state index is 0.0255. The summed E-state index contributed by atoms with van der Waals surface area (Å²) in [5.41, 5.74) is 5.26. The van der Waals surface area contributed by atoms with Crippen LogP contribution in [-0.2, 0) is 0 Å². The molecule has 150 valence electrons. The van der Waals surface area contributed by atoms with Gasteiger partial charge in [-0.2, -0.15) is 0 Å². The summed E-state index contributed by atoms with van der Waals surface area (Å²) in [5.74, 6) is 1.50. The van der Waals surface area contributed by atoms with Crippen molar-refractivity contribution in [3.63, 3.8) is 0 Å². The molecule has 0 aliphatic carbocycles. The molecule has 0 aliphatic heterocycles. The molecule has 31 heavy (non-hydrogen) atoms. The molecule has 0 saturated carbocycles. The van der Waals surface area contributed by atoms with Gasteiger partial charge in [-0.15, -0.1) is 0 Å². The second kappa shape index (κ2) is 8.41. The molecule has 5 aromatic rings. The number of hydrogen-bond donors (Lipinski definition) is 0. The van der Waals surface area contributed by atoms with Crippen molar-refractivity contribution in [2.75, 3.05) is 7.11 Å². The molecule has 3 heteroatoms. The highest BCUT2D eigenvalue weighted by Gasteiger charge is 2.22. The molecule has 4 aromatic carbocycles. The fourth-order valence-electron chi connectivity index (χ4n) is 3.99. The largest absolute Gasteiger partial charge is 0.497 e. The maximum atomic E-state index is 5.53. The third-order valence-corrected chi connectivity index (χ3v) is 5.50. The van der Waals surface area contributed by atoms with E-state index in [9.17, 15) is 0 Å². The van der Waals surface area contributed by atoms with E-state index in [1.165, 1.54) is 11.1 Å². The highest BCUT2D eigenvalue weighted by atomic mass is 16.5. The van der Waals surface area contributed by atoms with E-state index in [0.29, 0.717) is 0 Å². The van der Waals surface area contributed by atoms with E-state index >= 15 is 0 Å². The van der Waals surface area contributed by atoms with E-state index in [4.69, 9.17) is 14.7 Å². The Bertz CT molecular complexity index is 1260. The molecule has 0 radical (unpaired) electrons. The normalized spacial score (nSPS) is 11.0. The van der Waals surface area contributed by atoms with Crippen molar-refractivity contribution in [1.82, 2.24) is 9.97 Å². The Morgan fingerprint density at radius 2 is 1.23 bits per heavy atom. The average molecular weight is 402 g/mol. The molecule has 0 atom stereocenters. The summed E-state index contributed by atoms with van der Waals surface area (Å²) < 4.78 is 5.53. The third kappa shape index (κ3) is 3.78. The van der Waals surface area contributed by atoms with Gasteiger partial charge >= 0.3 is 0 Å². The summed E-state index contributed by atoms with van der Waals surface area (Å²) in [6.45, 7) is 0. The van der Waals surface area contributed by atoms with Crippen molar-refractivity contribution in [2.24, 2.45) is 0 Å². The lowest BCUT2D eigenvalue weighted by molar-refractivity contribution is 0.415. The van der Waals surface area contributed by atoms with E-state index in [-0.39, 0.29) is 5.92 Å². The highest BCUT2D eigenvalue weighted by molar-refractivity contribution is 5.85. The molecule has 1 heterocycles. The predicted octanol–water partition coefficient (Wildman–Crippen LogP) is 6.49. The number of fused-ring (bicyclic) bond motifs is 1. The van der Waals surface area contributed by atoms with Crippen LogP contribution in [0.1, 0.15) is 22.7 Å². The number of methoxy groups -OCH3 is 1. The maximum Gasteiger partial charge on any atom is 0.160 e. The van der Waals surface area contributed by atoms with Crippen LogP contribution in [0, 0.1) is 0 Å². The lowest BCUT2D eigenvalue weighted by Crippen LogP contribution is -2.08. The number of rotatable bonds is 5. The van der Waals surface area contributed by atoms with Gasteiger partial charge in [0.25, 0.3) is 0 Å². The second-order valence-electron chi connectivity index (χ2n) is 7.44. The minimum atomic E-state index is -0.0255. The number of benzene rings is 4. The van der Waals surface area contributed by atoms with Crippen molar-refractivity contribution in [1.29, 1.82) is 0 Å². The number of nitrogens with zero attached hydrogens (tertiary/aromatic N) is 2. The molecule has 0 spiro atoms. The summed E-state index contributed by atoms with van der Waals surface area (Å²) >= 11 is 0. The standard InChI is InChI=1S/C28H22N2O/c1-31-23-17-18-25-24(19-23)27(30-28(29-25)22-15-9-4-10-16-22)26(20-11-5-2-6-12-20)21-13-7-3-8-14-21/h2-19,26H,1H3. The molecule has 0 N–H and O–H groups in total. The van der Waals surface area contributed by atoms with Crippen LogP contribution < -0.4 is 4.74 Å². The van der Waals surface area contributed by atoms with Crippen molar-refractivity contribution in [2.45, 2.75) is 5.92 Å². The van der Waals surface area contributed by atoms with E-state index < -0.39 is 0 Å². The van der Waals surface area contributed by atoms with Gasteiger partial charge in [-0.05, 0) is 29.3 Å². The Balaban J connectivity index is 1.83. The fourth-order valence-corrected chi connectivity index (χ4v) is 3.99. The second-order valence-corrected chi connectivity index (χ2v) is 7.44. The van der Waals surface area contributed by atoms with E-state index in [1.807, 2.05) is 48.5 Å². The molecule has 0 saturated heterocycles. The number of ether oxygens (including phenoxy) is 1. The van der Waals surface area contributed by atoms with Crippen LogP contribution in [0.25, 0.3) is 22.3 Å². The first-order valence-corrected chi connectivity index (χ1v) is 10.3. The zero-order valence-corrected chi connectivity index (χ0v) is 17.3. The van der Waals surface area contributed by atoms with Crippen LogP contribution in [0.3, 0.4) is 0 Å². The van der Waals surface area contributed by atoms with E-state index in [1.54, 1.807) is 7.11 Å². The third-order valence-electron chi connectivity index (χ3n) is 5.50. The average Bonchev–Trinajstić information content (AvgIpc) is 2.85. The van der Waals surface area contributed by atoms with Crippen LogP contribution in [0.15, 0.2) is 109 Å². The van der Waals surface area contributed by atoms with Crippen LogP contribution in [-0.4, -0.2) is 17.1 Å². The van der Waals surface area contributed by atoms with Crippen molar-refractivity contribution >= 4 is 10.9 Å². The Morgan fingerprint density at radius 1 is 0.645 bits per heavy atom. The first-order chi connectivity index (χ1) is 15.3. The van der Waals surface area contributed by atoms with Gasteiger partial charge in [-0.3, -0.25) is 0 Å². The molecule has 0 amide bonds. The van der Waals surface area contributed by atoms with Crippen LogP contribution in [0.5, 0.6) is 5.75 Å². The van der Waals surface area contributed by atoms with Gasteiger partial charge in [0, 0.05) is 10.9 Å². The lowest BCUT2D eigenvalue weighted by Gasteiger charge is -2.20. The maximum absolute atomic E-state index is 5.53. The number of aromatic nitrogens is 2. The molecule has 3 nitrogen and oxygen atoms in total. The van der Waals surface area contributed by atoms with Gasteiger partial charge in [0.05, 0.1) is 24.2 Å². The summed E-state index contributed by atoms with van der Waals surface area (Å²) in [4.78, 5) is 10.0. The van der Waals surface area contributed by atoms with Gasteiger partial charge in [-0.1, -0.05) is 91.0 Å². The predicted molar refractivity (Wildman–Crippen MR) is 125 cm³/mol. The van der Waals surface area contributed by atoms with Crippen LogP contribution >= 0.6 is 0 Å². The van der Waals surface area contributed by atoms with E-state index in [2.05, 4.69) is 60.7 Å². The van der Waals surface area contributed by atoms with Gasteiger partial charge in [0.2, 0.25) is 0 Å². The topological polar surface area (TPSA) is 35.0 Å². The minimum Gasteiger partial charge on any atom is -0.497 e. The monoisotopic (exact) mass is 402 g/mol. The summed E-state index contributed by atoms with van der Waals surface area (Å²) in [6, 6.07) is 37.2. The van der Waals surface area contributed by atoms with Gasteiger partial charge in [0.15, 0.2) is 5.82 Å². The fraction of sp³-hybridized carbons (Fsp3) is 0.0714.